The SMILES string of the molecule is CCN(c1cc(-c2ccc(C)c(N(C)C(C)=O)c2)cc(C(=O)O)c1C)C1CCOCC1. The maximum atomic E-state index is 12.1. The molecule has 3 rings (SSSR count). The Morgan fingerprint density at radius 1 is 1.06 bits per heavy atom. The molecule has 1 amide bonds. The molecule has 166 valence electrons. The molecule has 6 heteroatoms. The molecule has 0 spiro atoms. The smallest absolute Gasteiger partial charge is 0.336 e. The molecule has 0 aromatic heterocycles. The van der Waals surface area contributed by atoms with Gasteiger partial charge in [0.2, 0.25) is 5.91 Å². The van der Waals surface area contributed by atoms with E-state index < -0.39 is 5.97 Å². The molecule has 0 bridgehead atoms. The van der Waals surface area contributed by atoms with E-state index >= 15 is 0 Å². The molecule has 1 aliphatic rings. The van der Waals surface area contributed by atoms with Gasteiger partial charge in [0.25, 0.3) is 0 Å². The monoisotopic (exact) mass is 424 g/mol. The number of aromatic carboxylic acids is 1. The van der Waals surface area contributed by atoms with Gasteiger partial charge in [-0.3, -0.25) is 4.79 Å². The largest absolute Gasteiger partial charge is 0.478 e. The minimum Gasteiger partial charge on any atom is -0.478 e. The van der Waals surface area contributed by atoms with Crippen LogP contribution in [-0.4, -0.2) is 49.8 Å². The summed E-state index contributed by atoms with van der Waals surface area (Å²) in [7, 11) is 1.75. The van der Waals surface area contributed by atoms with Crippen LogP contribution in [0.5, 0.6) is 0 Å². The number of amides is 1. The van der Waals surface area contributed by atoms with E-state index in [0.717, 1.165) is 66.2 Å². The zero-order valence-corrected chi connectivity index (χ0v) is 19.1. The molecule has 1 saturated heterocycles. The van der Waals surface area contributed by atoms with Crippen molar-refractivity contribution in [2.24, 2.45) is 0 Å². The van der Waals surface area contributed by atoms with Crippen LogP contribution in [0.4, 0.5) is 11.4 Å². The summed E-state index contributed by atoms with van der Waals surface area (Å²) >= 11 is 0. The van der Waals surface area contributed by atoms with Gasteiger partial charge < -0.3 is 19.6 Å². The first-order valence-corrected chi connectivity index (χ1v) is 10.8. The van der Waals surface area contributed by atoms with Crippen molar-refractivity contribution < 1.29 is 19.4 Å². The van der Waals surface area contributed by atoms with E-state index in [0.29, 0.717) is 11.6 Å². The number of carboxylic acid groups (broad SMARTS) is 1. The molecule has 1 aliphatic heterocycles. The number of ether oxygens (including phenoxy) is 1. The van der Waals surface area contributed by atoms with Crippen molar-refractivity contribution in [1.82, 2.24) is 0 Å². The summed E-state index contributed by atoms with van der Waals surface area (Å²) in [5.74, 6) is -0.982. The highest BCUT2D eigenvalue weighted by molar-refractivity contribution is 5.95. The first-order chi connectivity index (χ1) is 14.7. The van der Waals surface area contributed by atoms with Crippen LogP contribution >= 0.6 is 0 Å². The van der Waals surface area contributed by atoms with Crippen LogP contribution in [0.25, 0.3) is 11.1 Å². The number of benzene rings is 2. The first kappa shape index (κ1) is 22.8. The van der Waals surface area contributed by atoms with Crippen LogP contribution in [0.3, 0.4) is 0 Å². The van der Waals surface area contributed by atoms with E-state index in [1.165, 1.54) is 6.92 Å². The standard InChI is InChI=1S/C25H32N2O4/c1-6-27(21-9-11-31-12-10-21)24-15-20(13-22(17(24)3)25(29)30)19-8-7-16(2)23(14-19)26(5)18(4)28/h7-8,13-15,21H,6,9-12H2,1-5H3,(H,29,30). The Labute approximate surface area is 184 Å². The number of nitrogens with zero attached hydrogens (tertiary/aromatic N) is 2. The zero-order chi connectivity index (χ0) is 22.7. The molecule has 0 radical (unpaired) electrons. The van der Waals surface area contributed by atoms with Gasteiger partial charge >= 0.3 is 5.97 Å². The summed E-state index contributed by atoms with van der Waals surface area (Å²) in [6.07, 6.45) is 1.86. The number of carbonyl (C=O) groups is 2. The lowest BCUT2D eigenvalue weighted by Crippen LogP contribution is -2.40. The van der Waals surface area contributed by atoms with Crippen molar-refractivity contribution in [3.8, 4) is 11.1 Å². The molecule has 1 heterocycles. The van der Waals surface area contributed by atoms with Gasteiger partial charge in [0.05, 0.1) is 5.56 Å². The highest BCUT2D eigenvalue weighted by Gasteiger charge is 2.25. The van der Waals surface area contributed by atoms with Gasteiger partial charge in [-0.2, -0.15) is 0 Å². The third-order valence-electron chi connectivity index (χ3n) is 6.27. The molecule has 0 aliphatic carbocycles. The predicted octanol–water partition coefficient (Wildman–Crippen LogP) is 4.66. The second kappa shape index (κ2) is 9.52. The van der Waals surface area contributed by atoms with E-state index in [4.69, 9.17) is 4.74 Å². The quantitative estimate of drug-likeness (QED) is 0.731. The topological polar surface area (TPSA) is 70.1 Å². The average molecular weight is 425 g/mol. The number of hydrogen-bond donors (Lipinski definition) is 1. The molecule has 0 unspecified atom stereocenters. The second-order valence-corrected chi connectivity index (χ2v) is 8.18. The van der Waals surface area contributed by atoms with Gasteiger partial charge in [-0.25, -0.2) is 4.79 Å². The van der Waals surface area contributed by atoms with Crippen molar-refractivity contribution >= 4 is 23.3 Å². The highest BCUT2D eigenvalue weighted by atomic mass is 16.5. The van der Waals surface area contributed by atoms with Crippen LogP contribution in [0.15, 0.2) is 30.3 Å². The lowest BCUT2D eigenvalue weighted by molar-refractivity contribution is -0.116. The predicted molar refractivity (Wildman–Crippen MR) is 124 cm³/mol. The minimum absolute atomic E-state index is 0.0484. The van der Waals surface area contributed by atoms with Gasteiger partial charge in [-0.1, -0.05) is 12.1 Å². The van der Waals surface area contributed by atoms with Crippen LogP contribution in [0.1, 0.15) is 48.2 Å². The number of aryl methyl sites for hydroxylation is 1. The number of carboxylic acids is 1. The molecule has 0 saturated carbocycles. The molecular formula is C25H32N2O4. The Balaban J connectivity index is 2.14. The number of rotatable bonds is 6. The lowest BCUT2D eigenvalue weighted by atomic mass is 9.94. The molecule has 6 nitrogen and oxygen atoms in total. The fourth-order valence-electron chi connectivity index (χ4n) is 4.33. The zero-order valence-electron chi connectivity index (χ0n) is 19.1. The summed E-state index contributed by atoms with van der Waals surface area (Å²) in [6.45, 7) is 9.73. The van der Waals surface area contributed by atoms with Crippen molar-refractivity contribution in [1.29, 1.82) is 0 Å². The molecule has 1 N–H and O–H groups in total. The van der Waals surface area contributed by atoms with E-state index in [2.05, 4.69) is 17.9 Å². The van der Waals surface area contributed by atoms with E-state index in [1.54, 1.807) is 18.0 Å². The van der Waals surface area contributed by atoms with Crippen molar-refractivity contribution in [3.63, 3.8) is 0 Å². The maximum Gasteiger partial charge on any atom is 0.336 e. The molecule has 2 aromatic rings. The van der Waals surface area contributed by atoms with Crippen molar-refractivity contribution in [3.05, 3.63) is 47.0 Å². The Morgan fingerprint density at radius 2 is 1.71 bits per heavy atom. The Bertz CT molecular complexity index is 980. The Morgan fingerprint density at radius 3 is 2.29 bits per heavy atom. The van der Waals surface area contributed by atoms with Crippen molar-refractivity contribution in [2.45, 2.75) is 46.6 Å². The summed E-state index contributed by atoms with van der Waals surface area (Å²) in [4.78, 5) is 27.9. The van der Waals surface area contributed by atoms with Gasteiger partial charge in [-0.15, -0.1) is 0 Å². The van der Waals surface area contributed by atoms with Crippen LogP contribution in [0, 0.1) is 13.8 Å². The van der Waals surface area contributed by atoms with E-state index in [1.807, 2.05) is 32.0 Å². The second-order valence-electron chi connectivity index (χ2n) is 8.18. The number of carbonyl (C=O) groups excluding carboxylic acids is 1. The Kier molecular flexibility index (Phi) is 7.01. The summed E-state index contributed by atoms with van der Waals surface area (Å²) in [5.41, 5.74) is 5.57. The molecule has 31 heavy (non-hydrogen) atoms. The first-order valence-electron chi connectivity index (χ1n) is 10.8. The molecular weight excluding hydrogens is 392 g/mol. The molecule has 2 aromatic carbocycles. The summed E-state index contributed by atoms with van der Waals surface area (Å²) in [6, 6.07) is 10.1. The van der Waals surface area contributed by atoms with E-state index in [-0.39, 0.29) is 5.91 Å². The highest BCUT2D eigenvalue weighted by Crippen LogP contribution is 2.35. The van der Waals surface area contributed by atoms with Gasteiger partial charge in [0.1, 0.15) is 0 Å². The number of hydrogen-bond acceptors (Lipinski definition) is 4. The van der Waals surface area contributed by atoms with Crippen LogP contribution in [0.2, 0.25) is 0 Å². The van der Waals surface area contributed by atoms with Gasteiger partial charge in [0.15, 0.2) is 0 Å². The maximum absolute atomic E-state index is 12.1. The van der Waals surface area contributed by atoms with Crippen LogP contribution in [-0.2, 0) is 9.53 Å². The van der Waals surface area contributed by atoms with Gasteiger partial charge in [-0.05, 0) is 74.1 Å². The summed E-state index contributed by atoms with van der Waals surface area (Å²) in [5, 5.41) is 9.89. The fraction of sp³-hybridized carbons (Fsp3) is 0.440. The normalized spacial score (nSPS) is 14.4. The van der Waals surface area contributed by atoms with Gasteiger partial charge in [0, 0.05) is 51.1 Å². The third-order valence-corrected chi connectivity index (χ3v) is 6.27. The van der Waals surface area contributed by atoms with E-state index in [9.17, 15) is 14.7 Å². The molecule has 1 fully saturated rings. The fourth-order valence-corrected chi connectivity index (χ4v) is 4.33. The van der Waals surface area contributed by atoms with Crippen molar-refractivity contribution in [2.75, 3.05) is 36.6 Å². The third kappa shape index (κ3) is 4.74. The molecule has 0 atom stereocenters. The number of anilines is 2. The van der Waals surface area contributed by atoms with Crippen LogP contribution < -0.4 is 9.80 Å². The average Bonchev–Trinajstić information content (AvgIpc) is 2.75. The minimum atomic E-state index is -0.934. The summed E-state index contributed by atoms with van der Waals surface area (Å²) < 4.78 is 5.53. The Hall–Kier alpha value is -2.86. The lowest BCUT2D eigenvalue weighted by Gasteiger charge is -2.36.